The third kappa shape index (κ3) is 3.74. The Balaban J connectivity index is 0.00000176. The number of rotatable bonds is 3. The van der Waals surface area contributed by atoms with E-state index in [4.69, 9.17) is 17.3 Å². The Labute approximate surface area is 142 Å². The lowest BCUT2D eigenvalue weighted by molar-refractivity contribution is -0.117. The summed E-state index contributed by atoms with van der Waals surface area (Å²) in [5, 5.41) is 3.60. The van der Waals surface area contributed by atoms with Gasteiger partial charge in [0.2, 0.25) is 5.91 Å². The van der Waals surface area contributed by atoms with Gasteiger partial charge >= 0.3 is 0 Å². The van der Waals surface area contributed by atoms with Crippen LogP contribution in [0.2, 0.25) is 5.02 Å². The number of fused-ring (bicyclic) bond motifs is 1. The van der Waals surface area contributed by atoms with Gasteiger partial charge in [-0.1, -0.05) is 17.7 Å². The fraction of sp³-hybridized carbons (Fsp3) is 0.562. The molecule has 3 rings (SSSR count). The first-order valence-electron chi connectivity index (χ1n) is 7.57. The first-order chi connectivity index (χ1) is 10.0. The molecule has 6 heteroatoms. The maximum Gasteiger partial charge on any atom is 0.238 e. The number of nitrogens with one attached hydrogen (secondary N) is 1. The van der Waals surface area contributed by atoms with Crippen molar-refractivity contribution in [3.05, 3.63) is 28.8 Å². The van der Waals surface area contributed by atoms with Crippen molar-refractivity contribution in [2.45, 2.75) is 25.8 Å². The largest absolute Gasteiger partial charge is 0.327 e. The van der Waals surface area contributed by atoms with Crippen molar-refractivity contribution in [3.63, 3.8) is 0 Å². The van der Waals surface area contributed by atoms with Crippen molar-refractivity contribution in [2.24, 2.45) is 17.6 Å². The van der Waals surface area contributed by atoms with Gasteiger partial charge in [0.25, 0.3) is 0 Å². The minimum atomic E-state index is 0. The highest BCUT2D eigenvalue weighted by atomic mass is 35.5. The van der Waals surface area contributed by atoms with E-state index in [0.717, 1.165) is 30.8 Å². The number of benzene rings is 1. The van der Waals surface area contributed by atoms with Crippen LogP contribution in [0.3, 0.4) is 0 Å². The molecule has 1 amide bonds. The first-order valence-corrected chi connectivity index (χ1v) is 7.94. The summed E-state index contributed by atoms with van der Waals surface area (Å²) in [6.07, 6.45) is 2.34. The Morgan fingerprint density at radius 2 is 2.18 bits per heavy atom. The topological polar surface area (TPSA) is 58.4 Å². The molecular formula is C16H23Cl2N3O. The Hall–Kier alpha value is -0.810. The number of nitrogens with two attached hydrogens (primary N) is 1. The summed E-state index contributed by atoms with van der Waals surface area (Å²) in [5.74, 6) is 1.28. The number of amides is 1. The van der Waals surface area contributed by atoms with Crippen LogP contribution in [0, 0.1) is 18.8 Å². The van der Waals surface area contributed by atoms with Crippen LogP contribution in [0.15, 0.2) is 18.2 Å². The summed E-state index contributed by atoms with van der Waals surface area (Å²) in [6, 6.07) is 5.86. The number of carbonyl (C=O) groups excluding carboxylic acids is 1. The number of aryl methyl sites for hydroxylation is 1. The number of anilines is 1. The van der Waals surface area contributed by atoms with Gasteiger partial charge < -0.3 is 11.1 Å². The predicted molar refractivity (Wildman–Crippen MR) is 92.7 cm³/mol. The SMILES string of the molecule is Cc1ccc(Cl)cc1NC(=O)CN1CC2CCC(N)C2C1.Cl. The Bertz CT molecular complexity index is 552. The van der Waals surface area contributed by atoms with Gasteiger partial charge in [0.1, 0.15) is 0 Å². The van der Waals surface area contributed by atoms with Gasteiger partial charge in [-0.25, -0.2) is 0 Å². The normalized spacial score (nSPS) is 27.3. The smallest absolute Gasteiger partial charge is 0.238 e. The average molecular weight is 344 g/mol. The number of hydrogen-bond acceptors (Lipinski definition) is 3. The number of hydrogen-bond donors (Lipinski definition) is 2. The van der Waals surface area contributed by atoms with Crippen LogP contribution in [-0.2, 0) is 4.79 Å². The third-order valence-electron chi connectivity index (χ3n) is 4.83. The minimum Gasteiger partial charge on any atom is -0.327 e. The van der Waals surface area contributed by atoms with Gasteiger partial charge in [-0.3, -0.25) is 9.69 Å². The maximum absolute atomic E-state index is 12.2. The van der Waals surface area contributed by atoms with E-state index in [1.54, 1.807) is 6.07 Å². The zero-order valence-electron chi connectivity index (χ0n) is 12.7. The molecule has 22 heavy (non-hydrogen) atoms. The van der Waals surface area contributed by atoms with Gasteiger partial charge in [-0.05, 0) is 49.3 Å². The van der Waals surface area contributed by atoms with E-state index >= 15 is 0 Å². The Morgan fingerprint density at radius 1 is 1.41 bits per heavy atom. The highest BCUT2D eigenvalue weighted by molar-refractivity contribution is 6.31. The van der Waals surface area contributed by atoms with Crippen LogP contribution in [0.1, 0.15) is 18.4 Å². The fourth-order valence-electron chi connectivity index (χ4n) is 3.65. The molecule has 1 aliphatic carbocycles. The van der Waals surface area contributed by atoms with Gasteiger partial charge in [-0.2, -0.15) is 0 Å². The van der Waals surface area contributed by atoms with Gasteiger partial charge in [0.05, 0.1) is 6.54 Å². The second kappa shape index (κ2) is 7.18. The summed E-state index contributed by atoms with van der Waals surface area (Å²) in [7, 11) is 0. The molecular weight excluding hydrogens is 321 g/mol. The minimum absolute atomic E-state index is 0. The van der Waals surface area contributed by atoms with Gasteiger partial charge in [0, 0.05) is 29.8 Å². The van der Waals surface area contributed by atoms with E-state index in [-0.39, 0.29) is 18.3 Å². The molecule has 0 radical (unpaired) electrons. The van der Waals surface area contributed by atoms with Crippen molar-refractivity contribution in [1.82, 2.24) is 4.90 Å². The van der Waals surface area contributed by atoms with Gasteiger partial charge in [-0.15, -0.1) is 12.4 Å². The molecule has 1 heterocycles. The van der Waals surface area contributed by atoms with Gasteiger partial charge in [0.15, 0.2) is 0 Å². The van der Waals surface area contributed by atoms with Crippen LogP contribution in [0.25, 0.3) is 0 Å². The van der Waals surface area contributed by atoms with Crippen molar-refractivity contribution >= 4 is 35.6 Å². The molecule has 2 aliphatic rings. The monoisotopic (exact) mass is 343 g/mol. The molecule has 1 saturated heterocycles. The molecule has 1 saturated carbocycles. The molecule has 0 spiro atoms. The van der Waals surface area contributed by atoms with E-state index in [0.29, 0.717) is 29.4 Å². The van der Waals surface area contributed by atoms with Crippen LogP contribution < -0.4 is 11.1 Å². The van der Waals surface area contributed by atoms with E-state index in [2.05, 4.69) is 10.2 Å². The van der Waals surface area contributed by atoms with E-state index in [9.17, 15) is 4.79 Å². The molecule has 3 atom stereocenters. The van der Waals surface area contributed by atoms with Crippen LogP contribution in [0.4, 0.5) is 5.69 Å². The molecule has 0 aromatic heterocycles. The van der Waals surface area contributed by atoms with Crippen molar-refractivity contribution in [1.29, 1.82) is 0 Å². The second-order valence-corrected chi connectivity index (χ2v) is 6.80. The Morgan fingerprint density at radius 3 is 2.91 bits per heavy atom. The molecule has 122 valence electrons. The molecule has 2 fully saturated rings. The molecule has 1 aromatic rings. The standard InChI is InChI=1S/C16H22ClN3O.ClH/c1-10-2-4-12(17)6-15(10)19-16(21)9-20-7-11-3-5-14(18)13(11)8-20;/h2,4,6,11,13-14H,3,5,7-9,18H2,1H3,(H,19,21);1H. The molecule has 3 unspecified atom stereocenters. The van der Waals surface area contributed by atoms with Crippen molar-refractivity contribution in [2.75, 3.05) is 25.0 Å². The maximum atomic E-state index is 12.2. The highest BCUT2D eigenvalue weighted by Gasteiger charge is 2.41. The average Bonchev–Trinajstić information content (AvgIpc) is 2.96. The number of likely N-dealkylation sites (tertiary alicyclic amines) is 1. The summed E-state index contributed by atoms with van der Waals surface area (Å²) < 4.78 is 0. The summed E-state index contributed by atoms with van der Waals surface area (Å²) in [5.41, 5.74) is 7.95. The number of carbonyl (C=O) groups is 1. The zero-order chi connectivity index (χ0) is 15.0. The van der Waals surface area contributed by atoms with E-state index in [1.807, 2.05) is 19.1 Å². The molecule has 1 aliphatic heterocycles. The van der Waals surface area contributed by atoms with Crippen molar-refractivity contribution < 1.29 is 4.79 Å². The zero-order valence-corrected chi connectivity index (χ0v) is 14.3. The van der Waals surface area contributed by atoms with Crippen LogP contribution >= 0.6 is 24.0 Å². The number of nitrogens with zero attached hydrogens (tertiary/aromatic N) is 1. The first kappa shape index (κ1) is 17.5. The molecule has 0 bridgehead atoms. The lowest BCUT2D eigenvalue weighted by Crippen LogP contribution is -2.34. The highest BCUT2D eigenvalue weighted by Crippen LogP contribution is 2.36. The van der Waals surface area contributed by atoms with E-state index in [1.165, 1.54) is 6.42 Å². The molecule has 1 aromatic carbocycles. The summed E-state index contributed by atoms with van der Waals surface area (Å²) in [4.78, 5) is 14.4. The van der Waals surface area contributed by atoms with Crippen LogP contribution in [0.5, 0.6) is 0 Å². The van der Waals surface area contributed by atoms with E-state index < -0.39 is 0 Å². The van der Waals surface area contributed by atoms with Crippen molar-refractivity contribution in [3.8, 4) is 0 Å². The summed E-state index contributed by atoms with van der Waals surface area (Å²) in [6.45, 7) is 4.35. The molecule has 4 nitrogen and oxygen atoms in total. The lowest BCUT2D eigenvalue weighted by atomic mass is 9.98. The lowest BCUT2D eigenvalue weighted by Gasteiger charge is -2.18. The molecule has 3 N–H and O–H groups in total. The number of halogens is 2. The van der Waals surface area contributed by atoms with Crippen LogP contribution in [-0.4, -0.2) is 36.5 Å². The Kier molecular flexibility index (Phi) is 5.72. The quantitative estimate of drug-likeness (QED) is 0.886. The third-order valence-corrected chi connectivity index (χ3v) is 5.06. The summed E-state index contributed by atoms with van der Waals surface area (Å²) >= 11 is 5.98. The fourth-order valence-corrected chi connectivity index (χ4v) is 3.82. The second-order valence-electron chi connectivity index (χ2n) is 6.37. The predicted octanol–water partition coefficient (Wildman–Crippen LogP) is 2.68.